The number of rotatable bonds is 3. The largest absolute Gasteiger partial charge is 0.465 e. The number of carbonyl (C=O) groups is 3. The van der Waals surface area contributed by atoms with Crippen molar-refractivity contribution in [2.45, 2.75) is 0 Å². The van der Waals surface area contributed by atoms with Gasteiger partial charge in [0.2, 0.25) is 5.91 Å². The molecule has 23 heavy (non-hydrogen) atoms. The van der Waals surface area contributed by atoms with E-state index in [-0.39, 0.29) is 5.91 Å². The number of hydrogen-bond acceptors (Lipinski definition) is 6. The third kappa shape index (κ3) is 3.78. The van der Waals surface area contributed by atoms with Gasteiger partial charge >= 0.3 is 5.97 Å². The highest BCUT2D eigenvalue weighted by Crippen LogP contribution is 2.29. The Kier molecular flexibility index (Phi) is 5.17. The summed E-state index contributed by atoms with van der Waals surface area (Å²) in [5, 5.41) is 3.17. The minimum atomic E-state index is -0.452. The second-order valence-electron chi connectivity index (χ2n) is 4.54. The van der Waals surface area contributed by atoms with E-state index in [0.717, 1.165) is 11.8 Å². The van der Waals surface area contributed by atoms with Gasteiger partial charge < -0.3 is 10.1 Å². The number of nitrogens with one attached hydrogen (secondary N) is 1. The molecule has 1 heterocycles. The van der Waals surface area contributed by atoms with Gasteiger partial charge in [-0.25, -0.2) is 4.79 Å². The maximum Gasteiger partial charge on any atom is 0.337 e. The first kappa shape index (κ1) is 16.8. The first-order valence-corrected chi connectivity index (χ1v) is 7.41. The Morgan fingerprint density at radius 3 is 2.48 bits per heavy atom. The van der Waals surface area contributed by atoms with Crippen LogP contribution in [-0.4, -0.2) is 49.1 Å². The zero-order valence-electron chi connectivity index (χ0n) is 12.8. The second-order valence-corrected chi connectivity index (χ2v) is 5.55. The summed E-state index contributed by atoms with van der Waals surface area (Å²) >= 11 is 1.14. The summed E-state index contributed by atoms with van der Waals surface area (Å²) in [6.07, 6.45) is 1.23. The van der Waals surface area contributed by atoms with E-state index in [0.29, 0.717) is 21.3 Å². The van der Waals surface area contributed by atoms with Crippen molar-refractivity contribution < 1.29 is 19.1 Å². The zero-order chi connectivity index (χ0) is 17.0. The minimum absolute atomic E-state index is 0.271. The fraction of sp³-hybridized carbons (Fsp3) is 0.200. The number of aliphatic imine (C=N–C) groups is 1. The van der Waals surface area contributed by atoms with Crippen molar-refractivity contribution in [1.82, 2.24) is 4.90 Å². The molecule has 1 aliphatic rings. The fourth-order valence-corrected chi connectivity index (χ4v) is 2.75. The van der Waals surface area contributed by atoms with Crippen LogP contribution in [0.25, 0.3) is 0 Å². The number of hydrogen-bond donors (Lipinski definition) is 1. The Hall–Kier alpha value is -2.61. The van der Waals surface area contributed by atoms with Crippen molar-refractivity contribution in [1.29, 1.82) is 0 Å². The van der Waals surface area contributed by atoms with Crippen LogP contribution in [0.1, 0.15) is 10.4 Å². The number of ether oxygens (including phenoxy) is 1. The Balaban J connectivity index is 2.07. The van der Waals surface area contributed by atoms with Gasteiger partial charge in [0.25, 0.3) is 5.91 Å². The minimum Gasteiger partial charge on any atom is -0.465 e. The summed E-state index contributed by atoms with van der Waals surface area (Å²) in [4.78, 5) is 40.9. The summed E-state index contributed by atoms with van der Waals surface area (Å²) in [6, 6.07) is 6.24. The van der Waals surface area contributed by atoms with Crippen molar-refractivity contribution in [3.63, 3.8) is 0 Å². The molecule has 0 saturated carbocycles. The molecule has 8 heteroatoms. The molecular weight excluding hydrogens is 318 g/mol. The van der Waals surface area contributed by atoms with E-state index in [2.05, 4.69) is 15.0 Å². The molecule has 1 aromatic rings. The molecule has 2 rings (SSSR count). The lowest BCUT2D eigenvalue weighted by atomic mass is 10.2. The number of methoxy groups -OCH3 is 1. The Bertz CT molecular complexity index is 710. The van der Waals surface area contributed by atoms with Crippen LogP contribution in [0.5, 0.6) is 0 Å². The van der Waals surface area contributed by atoms with Crippen molar-refractivity contribution in [2.75, 3.05) is 26.5 Å². The molecule has 0 unspecified atom stereocenters. The number of benzene rings is 1. The molecule has 120 valence electrons. The molecule has 2 amide bonds. The van der Waals surface area contributed by atoms with Crippen LogP contribution in [-0.2, 0) is 14.3 Å². The number of amides is 2. The summed E-state index contributed by atoms with van der Waals surface area (Å²) in [5.74, 6) is -1.16. The number of anilines is 1. The maximum absolute atomic E-state index is 12.0. The van der Waals surface area contributed by atoms with Gasteiger partial charge in [-0.2, -0.15) is 0 Å². The van der Waals surface area contributed by atoms with Gasteiger partial charge in [-0.3, -0.25) is 19.5 Å². The number of esters is 1. The van der Waals surface area contributed by atoms with E-state index in [1.165, 1.54) is 18.1 Å². The third-order valence-corrected chi connectivity index (χ3v) is 4.18. The molecule has 0 atom stereocenters. The van der Waals surface area contributed by atoms with Crippen LogP contribution in [0.3, 0.4) is 0 Å². The molecular formula is C15H15N3O4S. The highest BCUT2D eigenvalue weighted by Gasteiger charge is 2.30. The number of nitrogens with zero attached hydrogens (tertiary/aromatic N) is 2. The lowest BCUT2D eigenvalue weighted by Crippen LogP contribution is -2.24. The van der Waals surface area contributed by atoms with E-state index < -0.39 is 11.9 Å². The lowest BCUT2D eigenvalue weighted by Gasteiger charge is -2.05. The van der Waals surface area contributed by atoms with Crippen LogP contribution in [0.15, 0.2) is 40.2 Å². The lowest BCUT2D eigenvalue weighted by molar-refractivity contribution is -0.121. The summed E-state index contributed by atoms with van der Waals surface area (Å²) in [7, 11) is 4.48. The van der Waals surface area contributed by atoms with Gasteiger partial charge in [0.15, 0.2) is 5.17 Å². The monoisotopic (exact) mass is 333 g/mol. The number of amidine groups is 1. The summed E-state index contributed by atoms with van der Waals surface area (Å²) in [6.45, 7) is 0. The highest BCUT2D eigenvalue weighted by atomic mass is 32.2. The van der Waals surface area contributed by atoms with Crippen LogP contribution >= 0.6 is 11.8 Å². The smallest absolute Gasteiger partial charge is 0.337 e. The zero-order valence-corrected chi connectivity index (χ0v) is 13.6. The Morgan fingerprint density at radius 1 is 1.30 bits per heavy atom. The Morgan fingerprint density at radius 2 is 1.96 bits per heavy atom. The van der Waals surface area contributed by atoms with Crippen molar-refractivity contribution >= 4 is 40.4 Å². The molecule has 1 aromatic carbocycles. The van der Waals surface area contributed by atoms with E-state index in [1.54, 1.807) is 38.4 Å². The van der Waals surface area contributed by atoms with Gasteiger partial charge in [0.1, 0.15) is 0 Å². The fourth-order valence-electron chi connectivity index (χ4n) is 1.85. The first-order chi connectivity index (χ1) is 11.0. The number of thioether (sulfide) groups is 1. The van der Waals surface area contributed by atoms with Crippen molar-refractivity contribution in [3.8, 4) is 0 Å². The van der Waals surface area contributed by atoms with Gasteiger partial charge in [-0.05, 0) is 36.0 Å². The predicted octanol–water partition coefficient (Wildman–Crippen LogP) is 1.49. The van der Waals surface area contributed by atoms with Crippen molar-refractivity contribution in [2.24, 2.45) is 4.99 Å². The van der Waals surface area contributed by atoms with Gasteiger partial charge in [0, 0.05) is 25.9 Å². The molecule has 0 aromatic heterocycles. The van der Waals surface area contributed by atoms with E-state index in [9.17, 15) is 14.4 Å². The molecule has 0 radical (unpaired) electrons. The van der Waals surface area contributed by atoms with Crippen LogP contribution in [0, 0.1) is 0 Å². The third-order valence-electron chi connectivity index (χ3n) is 3.03. The average Bonchev–Trinajstić information content (AvgIpc) is 2.82. The van der Waals surface area contributed by atoms with E-state index in [1.807, 2.05) is 0 Å². The normalized spacial score (nSPS) is 17.7. The molecule has 0 aliphatic carbocycles. The van der Waals surface area contributed by atoms with E-state index >= 15 is 0 Å². The SMILES string of the molecule is CN=C1S/C(=C/C(=O)Nc2ccc(C(=O)OC)cc2)C(=O)N1C. The second kappa shape index (κ2) is 7.10. The van der Waals surface area contributed by atoms with Crippen LogP contribution < -0.4 is 5.32 Å². The topological polar surface area (TPSA) is 88.1 Å². The van der Waals surface area contributed by atoms with Gasteiger partial charge in [0.05, 0.1) is 17.6 Å². The molecule has 0 bridgehead atoms. The molecule has 1 fully saturated rings. The Labute approximate surface area is 137 Å². The quantitative estimate of drug-likeness (QED) is 0.669. The number of likely N-dealkylation sites (N-methyl/N-ethyl adjacent to an activating group) is 1. The first-order valence-electron chi connectivity index (χ1n) is 6.60. The average molecular weight is 333 g/mol. The van der Waals surface area contributed by atoms with E-state index in [4.69, 9.17) is 0 Å². The predicted molar refractivity (Wildman–Crippen MR) is 88.2 cm³/mol. The van der Waals surface area contributed by atoms with Gasteiger partial charge in [-0.15, -0.1) is 0 Å². The highest BCUT2D eigenvalue weighted by molar-refractivity contribution is 8.18. The molecule has 1 aliphatic heterocycles. The maximum atomic E-state index is 12.0. The van der Waals surface area contributed by atoms with Gasteiger partial charge in [-0.1, -0.05) is 0 Å². The summed E-state index contributed by atoms with van der Waals surface area (Å²) in [5.41, 5.74) is 0.892. The molecule has 1 N–H and O–H groups in total. The number of carbonyl (C=O) groups excluding carboxylic acids is 3. The van der Waals surface area contributed by atoms with Crippen LogP contribution in [0.4, 0.5) is 5.69 Å². The molecule has 1 saturated heterocycles. The summed E-state index contributed by atoms with van der Waals surface area (Å²) < 4.78 is 4.60. The standard InChI is InChI=1S/C15H15N3O4S/c1-16-15-18(2)13(20)11(23-15)8-12(19)17-10-6-4-9(5-7-10)14(21)22-3/h4-8H,1-3H3,(H,17,19)/b11-8+,16-15?. The van der Waals surface area contributed by atoms with Crippen molar-refractivity contribution in [3.05, 3.63) is 40.8 Å². The van der Waals surface area contributed by atoms with Crippen LogP contribution in [0.2, 0.25) is 0 Å². The molecule has 7 nitrogen and oxygen atoms in total. The molecule has 0 spiro atoms.